The van der Waals surface area contributed by atoms with E-state index in [0.717, 1.165) is 50.9 Å². The highest BCUT2D eigenvalue weighted by atomic mass is 16.5. The number of urea groups is 1. The highest BCUT2D eigenvalue weighted by Gasteiger charge is 2.31. The van der Waals surface area contributed by atoms with Gasteiger partial charge in [0.1, 0.15) is 0 Å². The molecule has 3 rings (SSSR count). The van der Waals surface area contributed by atoms with Crippen molar-refractivity contribution in [1.82, 2.24) is 9.80 Å². The van der Waals surface area contributed by atoms with Crippen LogP contribution in [0.5, 0.6) is 11.5 Å². The van der Waals surface area contributed by atoms with E-state index in [4.69, 9.17) is 9.47 Å². The van der Waals surface area contributed by atoms with Crippen LogP contribution in [0.4, 0.5) is 10.5 Å². The molecule has 1 unspecified atom stereocenters. The van der Waals surface area contributed by atoms with Crippen molar-refractivity contribution in [2.45, 2.75) is 32.6 Å². The number of anilines is 1. The number of methoxy groups -OCH3 is 2. The predicted octanol–water partition coefficient (Wildman–Crippen LogP) is 2.88. The lowest BCUT2D eigenvalue weighted by molar-refractivity contribution is -0.121. The number of amides is 3. The maximum Gasteiger partial charge on any atom is 0.320 e. The van der Waals surface area contributed by atoms with Crippen LogP contribution in [0.1, 0.15) is 31.2 Å². The monoisotopic (exact) mass is 375 g/mol. The van der Waals surface area contributed by atoms with Crippen LogP contribution in [0.15, 0.2) is 12.1 Å². The summed E-state index contributed by atoms with van der Waals surface area (Å²) in [7, 11) is 3.16. The molecule has 0 saturated carbocycles. The van der Waals surface area contributed by atoms with Gasteiger partial charge in [0.15, 0.2) is 11.5 Å². The molecule has 0 aliphatic carbocycles. The van der Waals surface area contributed by atoms with Crippen LogP contribution in [0, 0.1) is 12.8 Å². The summed E-state index contributed by atoms with van der Waals surface area (Å²) in [6.07, 6.45) is 3.79. The maximum atomic E-state index is 12.8. The average Bonchev–Trinajstić information content (AvgIpc) is 3.23. The number of aryl methyl sites for hydroxylation is 1. The molecule has 2 heterocycles. The summed E-state index contributed by atoms with van der Waals surface area (Å²) in [5.41, 5.74) is 1.61. The number of rotatable bonds is 4. The Morgan fingerprint density at radius 1 is 1.00 bits per heavy atom. The van der Waals surface area contributed by atoms with Gasteiger partial charge in [-0.25, -0.2) is 4.79 Å². The molecule has 7 nitrogen and oxygen atoms in total. The minimum absolute atomic E-state index is 0.0516. The predicted molar refractivity (Wildman–Crippen MR) is 103 cm³/mol. The van der Waals surface area contributed by atoms with Gasteiger partial charge < -0.3 is 24.6 Å². The van der Waals surface area contributed by atoms with Crippen molar-refractivity contribution in [3.8, 4) is 11.5 Å². The first-order valence-electron chi connectivity index (χ1n) is 9.60. The Kier molecular flexibility index (Phi) is 6.08. The van der Waals surface area contributed by atoms with Crippen LogP contribution in [-0.2, 0) is 4.79 Å². The summed E-state index contributed by atoms with van der Waals surface area (Å²) in [5, 5.41) is 3.01. The smallest absolute Gasteiger partial charge is 0.320 e. The van der Waals surface area contributed by atoms with Gasteiger partial charge in [0.05, 0.1) is 20.1 Å². The number of hydrogen-bond donors (Lipinski definition) is 1. The number of piperidine rings is 1. The van der Waals surface area contributed by atoms with Gasteiger partial charge in [0, 0.05) is 37.9 Å². The molecule has 2 aliphatic rings. The summed E-state index contributed by atoms with van der Waals surface area (Å²) in [6, 6.07) is 3.70. The molecular weight excluding hydrogens is 346 g/mol. The number of carbonyl (C=O) groups is 2. The normalized spacial score (nSPS) is 19.7. The van der Waals surface area contributed by atoms with Gasteiger partial charge in [-0.1, -0.05) is 0 Å². The molecule has 0 spiro atoms. The van der Waals surface area contributed by atoms with E-state index in [9.17, 15) is 9.59 Å². The zero-order chi connectivity index (χ0) is 19.4. The number of nitrogens with zero attached hydrogens (tertiary/aromatic N) is 2. The van der Waals surface area contributed by atoms with E-state index in [1.54, 1.807) is 20.3 Å². The van der Waals surface area contributed by atoms with E-state index < -0.39 is 0 Å². The highest BCUT2D eigenvalue weighted by Crippen LogP contribution is 2.33. The molecule has 3 amide bonds. The molecule has 2 saturated heterocycles. The summed E-state index contributed by atoms with van der Waals surface area (Å²) in [5.74, 6) is 0.961. The molecule has 1 N–H and O–H groups in total. The van der Waals surface area contributed by atoms with Gasteiger partial charge in [-0.3, -0.25) is 4.79 Å². The fourth-order valence-corrected chi connectivity index (χ4v) is 3.82. The topological polar surface area (TPSA) is 71.1 Å². The van der Waals surface area contributed by atoms with Crippen LogP contribution in [-0.4, -0.2) is 62.1 Å². The Labute approximate surface area is 160 Å². The number of nitrogens with one attached hydrogen (secondary N) is 1. The van der Waals surface area contributed by atoms with Crippen molar-refractivity contribution in [3.63, 3.8) is 0 Å². The van der Waals surface area contributed by atoms with E-state index in [2.05, 4.69) is 5.32 Å². The summed E-state index contributed by atoms with van der Waals surface area (Å²) in [4.78, 5) is 29.2. The number of carbonyl (C=O) groups excluding carboxylic acids is 2. The molecule has 0 bridgehead atoms. The Hall–Kier alpha value is -2.44. The second-order valence-corrected chi connectivity index (χ2v) is 7.27. The highest BCUT2D eigenvalue weighted by molar-refractivity contribution is 5.94. The molecule has 7 heteroatoms. The van der Waals surface area contributed by atoms with Crippen molar-refractivity contribution >= 4 is 17.6 Å². The Morgan fingerprint density at radius 3 is 2.30 bits per heavy atom. The molecule has 2 aliphatic heterocycles. The minimum Gasteiger partial charge on any atom is -0.493 e. The Morgan fingerprint density at radius 2 is 1.63 bits per heavy atom. The van der Waals surface area contributed by atoms with Crippen LogP contribution >= 0.6 is 0 Å². The van der Waals surface area contributed by atoms with Gasteiger partial charge in [-0.2, -0.15) is 0 Å². The lowest BCUT2D eigenvalue weighted by atomic mass is 9.97. The molecular formula is C20H29N3O4. The largest absolute Gasteiger partial charge is 0.493 e. The molecule has 0 radical (unpaired) electrons. The first kappa shape index (κ1) is 19.3. The van der Waals surface area contributed by atoms with Crippen molar-refractivity contribution in [3.05, 3.63) is 17.7 Å². The van der Waals surface area contributed by atoms with Gasteiger partial charge in [0.25, 0.3) is 0 Å². The summed E-state index contributed by atoms with van der Waals surface area (Å²) < 4.78 is 10.6. The fourth-order valence-electron chi connectivity index (χ4n) is 3.82. The lowest BCUT2D eigenvalue weighted by Crippen LogP contribution is -2.48. The summed E-state index contributed by atoms with van der Waals surface area (Å²) >= 11 is 0. The van der Waals surface area contributed by atoms with Crippen LogP contribution in [0.2, 0.25) is 0 Å². The van der Waals surface area contributed by atoms with Gasteiger partial charge >= 0.3 is 6.03 Å². The van der Waals surface area contributed by atoms with E-state index in [0.29, 0.717) is 23.7 Å². The first-order chi connectivity index (χ1) is 13.0. The van der Waals surface area contributed by atoms with Crippen molar-refractivity contribution in [2.75, 3.05) is 45.7 Å². The fraction of sp³-hybridized carbons (Fsp3) is 0.600. The van der Waals surface area contributed by atoms with Gasteiger partial charge in [-0.15, -0.1) is 0 Å². The van der Waals surface area contributed by atoms with Gasteiger partial charge in [-0.05, 0) is 44.2 Å². The van der Waals surface area contributed by atoms with Crippen LogP contribution in [0.3, 0.4) is 0 Å². The Bertz CT molecular complexity index is 701. The van der Waals surface area contributed by atoms with Crippen LogP contribution in [0.25, 0.3) is 0 Å². The number of hydrogen-bond acceptors (Lipinski definition) is 4. The van der Waals surface area contributed by atoms with E-state index in [1.807, 2.05) is 22.8 Å². The van der Waals surface area contributed by atoms with Crippen molar-refractivity contribution in [2.24, 2.45) is 5.92 Å². The zero-order valence-electron chi connectivity index (χ0n) is 16.4. The molecule has 1 atom stereocenters. The molecule has 2 fully saturated rings. The third-order valence-corrected chi connectivity index (χ3v) is 5.43. The molecule has 1 aromatic carbocycles. The zero-order valence-corrected chi connectivity index (χ0v) is 16.4. The molecule has 0 aromatic heterocycles. The molecule has 148 valence electrons. The molecule has 1 aromatic rings. The molecule has 27 heavy (non-hydrogen) atoms. The van der Waals surface area contributed by atoms with Crippen LogP contribution < -0.4 is 14.8 Å². The Balaban J connectivity index is 1.66. The standard InChI is InChI=1S/C20H29N3O4/c1-14-11-17(26-2)18(27-3)12-16(14)21-19(24)15-7-6-10-23(13-15)20(25)22-8-4-5-9-22/h11-12,15H,4-10,13H2,1-3H3,(H,21,24). The third-order valence-electron chi connectivity index (χ3n) is 5.43. The van der Waals surface area contributed by atoms with Crippen molar-refractivity contribution < 1.29 is 19.1 Å². The second kappa shape index (κ2) is 8.50. The number of benzene rings is 1. The first-order valence-corrected chi connectivity index (χ1v) is 9.60. The maximum absolute atomic E-state index is 12.8. The average molecular weight is 375 g/mol. The number of likely N-dealkylation sites (tertiary alicyclic amines) is 2. The van der Waals surface area contributed by atoms with E-state index >= 15 is 0 Å². The SMILES string of the molecule is COc1cc(C)c(NC(=O)C2CCCN(C(=O)N3CCCC3)C2)cc1OC. The van der Waals surface area contributed by atoms with Gasteiger partial charge in [0.2, 0.25) is 5.91 Å². The lowest BCUT2D eigenvalue weighted by Gasteiger charge is -2.34. The quantitative estimate of drug-likeness (QED) is 0.878. The minimum atomic E-state index is -0.196. The second-order valence-electron chi connectivity index (χ2n) is 7.27. The van der Waals surface area contributed by atoms with E-state index in [-0.39, 0.29) is 17.9 Å². The third kappa shape index (κ3) is 4.28. The van der Waals surface area contributed by atoms with E-state index in [1.165, 1.54) is 0 Å². The summed E-state index contributed by atoms with van der Waals surface area (Å²) in [6.45, 7) is 4.79. The number of ether oxygens (including phenoxy) is 2. The van der Waals surface area contributed by atoms with Crippen molar-refractivity contribution in [1.29, 1.82) is 0 Å².